The van der Waals surface area contributed by atoms with E-state index in [0.717, 1.165) is 17.4 Å². The lowest BCUT2D eigenvalue weighted by Gasteiger charge is -2.33. The first kappa shape index (κ1) is 13.6. The van der Waals surface area contributed by atoms with Gasteiger partial charge in [-0.05, 0) is 44.6 Å². The fourth-order valence-electron chi connectivity index (χ4n) is 3.45. The molecular weight excluding hydrogens is 224 g/mol. The number of nitrogens with two attached hydrogens (primary N) is 1. The average molecular weight is 250 g/mol. The monoisotopic (exact) mass is 250 g/mol. The van der Waals surface area contributed by atoms with Crippen LogP contribution in [0.4, 0.5) is 0 Å². The van der Waals surface area contributed by atoms with E-state index >= 15 is 0 Å². The largest absolute Gasteiger partial charge is 0.466 e. The molecule has 1 aromatic rings. The maximum absolute atomic E-state index is 5.81. The molecule has 0 saturated heterocycles. The maximum Gasteiger partial charge on any atom is 0.105 e. The van der Waals surface area contributed by atoms with Crippen molar-refractivity contribution in [1.82, 2.24) is 5.43 Å². The quantitative estimate of drug-likeness (QED) is 0.634. The zero-order valence-electron chi connectivity index (χ0n) is 11.8. The summed E-state index contributed by atoms with van der Waals surface area (Å²) in [5, 5.41) is 0. The summed E-state index contributed by atoms with van der Waals surface area (Å²) in [5.74, 6) is 9.31. The van der Waals surface area contributed by atoms with Crippen LogP contribution in [-0.4, -0.2) is 0 Å². The molecule has 0 radical (unpaired) electrons. The highest BCUT2D eigenvalue weighted by Crippen LogP contribution is 2.39. The molecule has 0 aromatic carbocycles. The number of rotatable bonds is 4. The van der Waals surface area contributed by atoms with Gasteiger partial charge in [0, 0.05) is 5.56 Å². The molecule has 3 N–H and O–H groups in total. The van der Waals surface area contributed by atoms with E-state index in [2.05, 4.69) is 18.4 Å². The molecule has 0 aliphatic heterocycles. The fourth-order valence-corrected chi connectivity index (χ4v) is 3.45. The Morgan fingerprint density at radius 1 is 1.44 bits per heavy atom. The van der Waals surface area contributed by atoms with Crippen molar-refractivity contribution in [2.75, 3.05) is 0 Å². The number of hydrazine groups is 1. The molecule has 3 atom stereocenters. The topological polar surface area (TPSA) is 51.2 Å². The molecule has 1 aliphatic carbocycles. The van der Waals surface area contributed by atoms with Crippen LogP contribution in [0.2, 0.25) is 0 Å². The average Bonchev–Trinajstić information content (AvgIpc) is 2.70. The number of hydrogen-bond acceptors (Lipinski definition) is 3. The summed E-state index contributed by atoms with van der Waals surface area (Å²) in [6, 6.07) is 2.38. The molecular formula is C15H26N2O. The molecule has 102 valence electrons. The number of aryl methyl sites for hydroxylation is 2. The van der Waals surface area contributed by atoms with Gasteiger partial charge in [0.1, 0.15) is 11.5 Å². The van der Waals surface area contributed by atoms with Crippen LogP contribution in [0.5, 0.6) is 0 Å². The molecule has 3 heteroatoms. The Bertz CT molecular complexity index is 386. The third-order valence-electron chi connectivity index (χ3n) is 4.47. The van der Waals surface area contributed by atoms with Gasteiger partial charge in [0.25, 0.3) is 0 Å². The zero-order valence-corrected chi connectivity index (χ0v) is 11.8. The molecule has 0 amide bonds. The third kappa shape index (κ3) is 2.78. The van der Waals surface area contributed by atoms with Crippen LogP contribution >= 0.6 is 0 Å². The molecule has 0 bridgehead atoms. The highest BCUT2D eigenvalue weighted by Gasteiger charge is 2.30. The second kappa shape index (κ2) is 5.89. The van der Waals surface area contributed by atoms with Crippen molar-refractivity contribution in [3.63, 3.8) is 0 Å². The smallest absolute Gasteiger partial charge is 0.105 e. The third-order valence-corrected chi connectivity index (χ3v) is 4.47. The van der Waals surface area contributed by atoms with E-state index in [0.29, 0.717) is 5.92 Å². The summed E-state index contributed by atoms with van der Waals surface area (Å²) in [6.07, 6.45) is 6.56. The van der Waals surface area contributed by atoms with E-state index in [1.54, 1.807) is 0 Å². The van der Waals surface area contributed by atoms with Crippen molar-refractivity contribution in [3.05, 3.63) is 23.2 Å². The van der Waals surface area contributed by atoms with E-state index in [-0.39, 0.29) is 6.04 Å². The molecule has 0 spiro atoms. The van der Waals surface area contributed by atoms with Crippen molar-refractivity contribution in [2.24, 2.45) is 17.7 Å². The summed E-state index contributed by atoms with van der Waals surface area (Å²) in [4.78, 5) is 0. The van der Waals surface area contributed by atoms with Gasteiger partial charge in [0.2, 0.25) is 0 Å². The van der Waals surface area contributed by atoms with Gasteiger partial charge in [0.15, 0.2) is 0 Å². The van der Waals surface area contributed by atoms with E-state index < -0.39 is 0 Å². The van der Waals surface area contributed by atoms with Gasteiger partial charge in [-0.1, -0.05) is 26.2 Å². The minimum absolute atomic E-state index is 0.247. The Balaban J connectivity index is 2.15. The molecule has 3 nitrogen and oxygen atoms in total. The molecule has 1 fully saturated rings. The second-order valence-corrected chi connectivity index (χ2v) is 5.71. The van der Waals surface area contributed by atoms with E-state index in [9.17, 15) is 0 Å². The predicted molar refractivity (Wildman–Crippen MR) is 74.0 cm³/mol. The lowest BCUT2D eigenvalue weighted by molar-refractivity contribution is 0.209. The van der Waals surface area contributed by atoms with Crippen molar-refractivity contribution < 1.29 is 4.42 Å². The van der Waals surface area contributed by atoms with Crippen molar-refractivity contribution in [3.8, 4) is 0 Å². The first-order chi connectivity index (χ1) is 8.65. The van der Waals surface area contributed by atoms with Gasteiger partial charge < -0.3 is 4.42 Å². The number of furan rings is 1. The van der Waals surface area contributed by atoms with Gasteiger partial charge in [-0.25, -0.2) is 0 Å². The van der Waals surface area contributed by atoms with Crippen LogP contribution in [0.15, 0.2) is 10.5 Å². The van der Waals surface area contributed by atoms with Crippen molar-refractivity contribution in [2.45, 2.75) is 58.9 Å². The number of hydrogen-bond donors (Lipinski definition) is 2. The van der Waals surface area contributed by atoms with Gasteiger partial charge in [-0.3, -0.25) is 11.3 Å². The standard InChI is InChI=1S/C15H26N2O/c1-4-12-6-5-7-13(9-12)15(17-16)14-8-10(2)18-11(14)3/h8,12-13,15,17H,4-7,9,16H2,1-3H3. The summed E-state index contributed by atoms with van der Waals surface area (Å²) in [5.41, 5.74) is 4.27. The second-order valence-electron chi connectivity index (χ2n) is 5.71. The molecule has 1 saturated carbocycles. The van der Waals surface area contributed by atoms with Gasteiger partial charge in [0.05, 0.1) is 6.04 Å². The Kier molecular flexibility index (Phi) is 4.46. The molecule has 3 unspecified atom stereocenters. The first-order valence-electron chi connectivity index (χ1n) is 7.18. The lowest BCUT2D eigenvalue weighted by atomic mass is 9.75. The van der Waals surface area contributed by atoms with Crippen LogP contribution in [0, 0.1) is 25.7 Å². The van der Waals surface area contributed by atoms with E-state index in [4.69, 9.17) is 10.3 Å². The van der Waals surface area contributed by atoms with Crippen LogP contribution in [-0.2, 0) is 0 Å². The summed E-state index contributed by atoms with van der Waals surface area (Å²) >= 11 is 0. The predicted octanol–water partition coefficient (Wildman–Crippen LogP) is 3.62. The first-order valence-corrected chi connectivity index (χ1v) is 7.18. The zero-order chi connectivity index (χ0) is 13.1. The van der Waals surface area contributed by atoms with E-state index in [1.807, 2.05) is 13.8 Å². The minimum Gasteiger partial charge on any atom is -0.466 e. The summed E-state index contributed by atoms with van der Waals surface area (Å²) < 4.78 is 5.65. The normalized spacial score (nSPS) is 26.2. The highest BCUT2D eigenvalue weighted by atomic mass is 16.3. The van der Waals surface area contributed by atoms with Crippen LogP contribution in [0.25, 0.3) is 0 Å². The fraction of sp³-hybridized carbons (Fsp3) is 0.733. The Morgan fingerprint density at radius 3 is 2.78 bits per heavy atom. The summed E-state index contributed by atoms with van der Waals surface area (Å²) in [6.45, 7) is 6.33. The number of nitrogens with one attached hydrogen (secondary N) is 1. The van der Waals surface area contributed by atoms with Crippen LogP contribution in [0.1, 0.15) is 62.2 Å². The van der Waals surface area contributed by atoms with Gasteiger partial charge >= 0.3 is 0 Å². The molecule has 1 aliphatic rings. The Labute approximate surface area is 110 Å². The molecule has 2 rings (SSSR count). The van der Waals surface area contributed by atoms with Crippen LogP contribution < -0.4 is 11.3 Å². The minimum atomic E-state index is 0.247. The van der Waals surface area contributed by atoms with Crippen molar-refractivity contribution >= 4 is 0 Å². The highest BCUT2D eigenvalue weighted by molar-refractivity contribution is 5.24. The summed E-state index contributed by atoms with van der Waals surface area (Å²) in [7, 11) is 0. The molecule has 1 aromatic heterocycles. The molecule has 1 heterocycles. The maximum atomic E-state index is 5.81. The lowest BCUT2D eigenvalue weighted by Crippen LogP contribution is -2.36. The molecule has 18 heavy (non-hydrogen) atoms. The Morgan fingerprint density at radius 2 is 2.22 bits per heavy atom. The Hall–Kier alpha value is -0.800. The van der Waals surface area contributed by atoms with Gasteiger partial charge in [-0.15, -0.1) is 0 Å². The van der Waals surface area contributed by atoms with Crippen molar-refractivity contribution in [1.29, 1.82) is 0 Å². The SMILES string of the molecule is CCC1CCCC(C(NN)c2cc(C)oc2C)C1. The van der Waals surface area contributed by atoms with E-state index in [1.165, 1.54) is 37.7 Å². The van der Waals surface area contributed by atoms with Crippen LogP contribution in [0.3, 0.4) is 0 Å². The van der Waals surface area contributed by atoms with Gasteiger partial charge in [-0.2, -0.15) is 0 Å².